The van der Waals surface area contributed by atoms with Gasteiger partial charge in [-0.1, -0.05) is 0 Å². The summed E-state index contributed by atoms with van der Waals surface area (Å²) < 4.78 is 63.3. The summed E-state index contributed by atoms with van der Waals surface area (Å²) >= 11 is 0. The van der Waals surface area contributed by atoms with Crippen molar-refractivity contribution in [3.8, 4) is 0 Å². The number of anilines is 1. The van der Waals surface area contributed by atoms with Crippen molar-refractivity contribution < 1.29 is 22.0 Å². The van der Waals surface area contributed by atoms with E-state index >= 15 is 0 Å². The highest BCUT2D eigenvalue weighted by Gasteiger charge is 2.34. The Kier molecular flexibility index (Phi) is 7.64. The molecular weight excluding hydrogens is 446 g/mol. The second kappa shape index (κ2) is 8.79. The molecule has 1 aliphatic heterocycles. The average Bonchev–Trinajstić information content (AvgIpc) is 2.86. The maximum Gasteiger partial charge on any atom is 0.401 e. The molecule has 1 atom stereocenters. The zero-order chi connectivity index (χ0) is 17.0. The highest BCUT2D eigenvalue weighted by Crippen LogP contribution is 2.23. The van der Waals surface area contributed by atoms with Crippen molar-refractivity contribution in [3.63, 3.8) is 0 Å². The van der Waals surface area contributed by atoms with Crippen LogP contribution in [0.15, 0.2) is 23.2 Å². The molecule has 10 heteroatoms. The molecule has 0 radical (unpaired) electrons. The largest absolute Gasteiger partial charge is 0.401 e. The number of hydrogen-bond acceptors (Lipinski definition) is 2. The van der Waals surface area contributed by atoms with Crippen molar-refractivity contribution in [1.29, 1.82) is 0 Å². The fourth-order valence-corrected chi connectivity index (χ4v) is 2.46. The summed E-state index contributed by atoms with van der Waals surface area (Å²) in [5, 5.41) is 2.44. The fourth-order valence-electron chi connectivity index (χ4n) is 2.46. The van der Waals surface area contributed by atoms with E-state index in [1.807, 2.05) is 0 Å². The number of nitrogens with zero attached hydrogens (tertiary/aromatic N) is 2. The van der Waals surface area contributed by atoms with Crippen molar-refractivity contribution >= 4 is 35.6 Å². The van der Waals surface area contributed by atoms with E-state index in [1.54, 1.807) is 0 Å². The Morgan fingerprint density at radius 2 is 2.04 bits per heavy atom. The summed E-state index contributed by atoms with van der Waals surface area (Å²) in [5.74, 6) is -1.46. The van der Waals surface area contributed by atoms with E-state index in [0.29, 0.717) is 13.0 Å². The molecule has 0 spiro atoms. The number of aliphatic imine (C=N–C) groups is 1. The van der Waals surface area contributed by atoms with Gasteiger partial charge in [0.05, 0.1) is 12.2 Å². The molecule has 4 nitrogen and oxygen atoms in total. The first-order valence-electron chi connectivity index (χ1n) is 7.04. The van der Waals surface area contributed by atoms with Crippen LogP contribution < -0.4 is 11.1 Å². The predicted molar refractivity (Wildman–Crippen MR) is 92.5 cm³/mol. The van der Waals surface area contributed by atoms with Crippen molar-refractivity contribution in [2.24, 2.45) is 16.6 Å². The van der Waals surface area contributed by atoms with Crippen LogP contribution in [0, 0.1) is 17.6 Å². The van der Waals surface area contributed by atoms with E-state index in [9.17, 15) is 22.0 Å². The molecule has 1 aliphatic rings. The van der Waals surface area contributed by atoms with E-state index in [4.69, 9.17) is 5.73 Å². The molecule has 136 valence electrons. The minimum Gasteiger partial charge on any atom is -0.370 e. The Bertz CT molecular complexity index is 579. The fraction of sp³-hybridized carbons (Fsp3) is 0.500. The average molecular weight is 464 g/mol. The summed E-state index contributed by atoms with van der Waals surface area (Å²) in [6.45, 7) is -0.0737. The molecule has 0 bridgehead atoms. The van der Waals surface area contributed by atoms with E-state index in [-0.39, 0.29) is 54.6 Å². The van der Waals surface area contributed by atoms with Gasteiger partial charge < -0.3 is 11.1 Å². The van der Waals surface area contributed by atoms with Gasteiger partial charge in [0.1, 0.15) is 11.6 Å². The molecule has 0 aromatic heterocycles. The molecule has 0 amide bonds. The first-order valence-corrected chi connectivity index (χ1v) is 7.04. The van der Waals surface area contributed by atoms with Crippen LogP contribution in [0.5, 0.6) is 0 Å². The van der Waals surface area contributed by atoms with Crippen LogP contribution >= 0.6 is 24.0 Å². The van der Waals surface area contributed by atoms with Crippen LogP contribution in [0.25, 0.3) is 0 Å². The van der Waals surface area contributed by atoms with Crippen molar-refractivity contribution in [2.75, 3.05) is 31.5 Å². The molecule has 1 fully saturated rings. The predicted octanol–water partition coefficient (Wildman–Crippen LogP) is 3.19. The zero-order valence-electron chi connectivity index (χ0n) is 12.6. The maximum atomic E-state index is 13.4. The molecule has 1 heterocycles. The molecular formula is C14H18F5IN4. The van der Waals surface area contributed by atoms with Gasteiger partial charge in [-0.25, -0.2) is 8.78 Å². The lowest BCUT2D eigenvalue weighted by atomic mass is 10.1. The monoisotopic (exact) mass is 464 g/mol. The number of nitrogens with two attached hydrogens (primary N) is 1. The van der Waals surface area contributed by atoms with Gasteiger partial charge in [0.15, 0.2) is 5.96 Å². The number of nitrogens with one attached hydrogen (secondary N) is 1. The van der Waals surface area contributed by atoms with Crippen molar-refractivity contribution in [1.82, 2.24) is 4.90 Å². The zero-order valence-corrected chi connectivity index (χ0v) is 14.9. The summed E-state index contributed by atoms with van der Waals surface area (Å²) in [6, 6.07) is 2.87. The third kappa shape index (κ3) is 6.75. The normalized spacial score (nSPS) is 19.2. The molecule has 0 aliphatic carbocycles. The van der Waals surface area contributed by atoms with Gasteiger partial charge in [0.25, 0.3) is 0 Å². The minimum absolute atomic E-state index is 0. The van der Waals surface area contributed by atoms with E-state index in [1.165, 1.54) is 4.90 Å². The second-order valence-corrected chi connectivity index (χ2v) is 5.48. The quantitative estimate of drug-likeness (QED) is 0.312. The SMILES string of the molecule is I.NC(=NCC1CCN(CC(F)(F)F)C1)Nc1cc(F)ccc1F. The number of guanidine groups is 1. The van der Waals surface area contributed by atoms with Crippen LogP contribution in [-0.2, 0) is 0 Å². The Hall–Kier alpha value is -1.17. The molecule has 2 rings (SSSR count). The van der Waals surface area contributed by atoms with Gasteiger partial charge in [-0.15, -0.1) is 24.0 Å². The maximum absolute atomic E-state index is 13.4. The first-order chi connectivity index (χ1) is 10.7. The molecule has 1 aromatic rings. The van der Waals surface area contributed by atoms with Crippen LogP contribution in [0.3, 0.4) is 0 Å². The van der Waals surface area contributed by atoms with E-state index in [0.717, 1.165) is 18.2 Å². The summed E-state index contributed by atoms with van der Waals surface area (Å²) in [4.78, 5) is 5.30. The lowest BCUT2D eigenvalue weighted by Crippen LogP contribution is -2.32. The lowest BCUT2D eigenvalue weighted by molar-refractivity contribution is -0.143. The third-order valence-electron chi connectivity index (χ3n) is 3.48. The van der Waals surface area contributed by atoms with Crippen LogP contribution in [0.1, 0.15) is 6.42 Å². The first kappa shape index (κ1) is 20.9. The second-order valence-electron chi connectivity index (χ2n) is 5.48. The molecule has 0 saturated carbocycles. The number of hydrogen-bond donors (Lipinski definition) is 2. The minimum atomic E-state index is -4.21. The highest BCUT2D eigenvalue weighted by atomic mass is 127. The highest BCUT2D eigenvalue weighted by molar-refractivity contribution is 14.0. The Morgan fingerprint density at radius 3 is 2.71 bits per heavy atom. The lowest BCUT2D eigenvalue weighted by Gasteiger charge is -2.17. The summed E-state index contributed by atoms with van der Waals surface area (Å²) in [6.07, 6.45) is -3.63. The van der Waals surface area contributed by atoms with Gasteiger partial charge in [-0.3, -0.25) is 9.89 Å². The van der Waals surface area contributed by atoms with Crippen molar-refractivity contribution in [2.45, 2.75) is 12.6 Å². The molecule has 1 saturated heterocycles. The van der Waals surface area contributed by atoms with E-state index < -0.39 is 24.4 Å². The van der Waals surface area contributed by atoms with Crippen LogP contribution in [0.2, 0.25) is 0 Å². The van der Waals surface area contributed by atoms with Crippen LogP contribution in [0.4, 0.5) is 27.6 Å². The van der Waals surface area contributed by atoms with Gasteiger partial charge in [0, 0.05) is 19.2 Å². The number of halogens is 6. The van der Waals surface area contributed by atoms with Crippen LogP contribution in [-0.4, -0.2) is 43.2 Å². The third-order valence-corrected chi connectivity index (χ3v) is 3.48. The Balaban J connectivity index is 0.00000288. The Morgan fingerprint density at radius 1 is 1.33 bits per heavy atom. The smallest absolute Gasteiger partial charge is 0.370 e. The number of benzene rings is 1. The standard InChI is InChI=1S/C14H17F5N4.HI/c15-10-1-2-11(16)12(5-10)22-13(20)21-6-9-3-4-23(7-9)8-14(17,18)19;/h1-2,5,9H,3-4,6-8H2,(H3,20,21,22);1H. The van der Waals surface area contributed by atoms with Gasteiger partial charge in [0.2, 0.25) is 0 Å². The topological polar surface area (TPSA) is 53.6 Å². The van der Waals surface area contributed by atoms with E-state index in [2.05, 4.69) is 10.3 Å². The van der Waals surface area contributed by atoms with Gasteiger partial charge in [-0.2, -0.15) is 13.2 Å². The summed E-state index contributed by atoms with van der Waals surface area (Å²) in [7, 11) is 0. The molecule has 24 heavy (non-hydrogen) atoms. The molecule has 1 aromatic carbocycles. The molecule has 3 N–H and O–H groups in total. The van der Waals surface area contributed by atoms with Gasteiger partial charge in [-0.05, 0) is 31.0 Å². The molecule has 1 unspecified atom stereocenters. The number of rotatable bonds is 4. The summed E-state index contributed by atoms with van der Waals surface area (Å²) in [5.41, 5.74) is 5.45. The number of alkyl halides is 3. The van der Waals surface area contributed by atoms with Gasteiger partial charge >= 0.3 is 6.18 Å². The Labute approximate surface area is 153 Å². The van der Waals surface area contributed by atoms with Crippen molar-refractivity contribution in [3.05, 3.63) is 29.8 Å². The number of likely N-dealkylation sites (tertiary alicyclic amines) is 1.